The van der Waals surface area contributed by atoms with E-state index in [2.05, 4.69) is 54.6 Å². The highest BCUT2D eigenvalue weighted by Crippen LogP contribution is 2.39. The molecule has 0 rings (SSSR count). The minimum atomic E-state index is -1.81. The summed E-state index contributed by atoms with van der Waals surface area (Å²) in [5.74, 6) is -0.334. The van der Waals surface area contributed by atoms with Crippen molar-refractivity contribution in [2.45, 2.75) is 78.6 Å². The van der Waals surface area contributed by atoms with Crippen molar-refractivity contribution in [1.82, 2.24) is 0 Å². The second-order valence-corrected chi connectivity index (χ2v) is 12.2. The first-order chi connectivity index (χ1) is 8.38. The van der Waals surface area contributed by atoms with Crippen LogP contribution in [0.3, 0.4) is 0 Å². The molecule has 0 saturated heterocycles. The molecule has 0 aromatic rings. The fraction of sp³-hybridized carbons (Fsp3) is 0.933. The molecule has 0 saturated carbocycles. The van der Waals surface area contributed by atoms with E-state index in [0.717, 1.165) is 0 Å². The lowest BCUT2D eigenvalue weighted by molar-refractivity contribution is -0.306. The lowest BCUT2D eigenvalue weighted by Crippen LogP contribution is -2.47. The van der Waals surface area contributed by atoms with Crippen molar-refractivity contribution < 1.29 is 14.3 Å². The number of carbonyl (C=O) groups excluding carboxylic acids is 1. The van der Waals surface area contributed by atoms with E-state index < -0.39 is 14.3 Å². The van der Waals surface area contributed by atoms with Crippen LogP contribution in [0.5, 0.6) is 0 Å². The van der Waals surface area contributed by atoms with Crippen LogP contribution in [0.1, 0.15) is 54.4 Å². The van der Waals surface area contributed by atoms with E-state index in [1.807, 2.05) is 0 Å². The zero-order valence-electron chi connectivity index (χ0n) is 13.9. The highest BCUT2D eigenvalue weighted by molar-refractivity contribution is 6.74. The van der Waals surface area contributed by atoms with E-state index in [0.29, 0.717) is 12.3 Å². The summed E-state index contributed by atoms with van der Waals surface area (Å²) in [4.78, 5) is 10.6. The molecule has 4 heteroatoms. The summed E-state index contributed by atoms with van der Waals surface area (Å²) in [5, 5.41) is 10.8. The monoisotopic (exact) mass is 287 g/mol. The van der Waals surface area contributed by atoms with Gasteiger partial charge in [0.1, 0.15) is 0 Å². The molecule has 0 bridgehead atoms. The van der Waals surface area contributed by atoms with Crippen molar-refractivity contribution in [3.05, 3.63) is 0 Å². The number of hydrogen-bond acceptors (Lipinski definition) is 3. The van der Waals surface area contributed by atoms with Gasteiger partial charge in [0.25, 0.3) is 0 Å². The third kappa shape index (κ3) is 6.08. The fourth-order valence-electron chi connectivity index (χ4n) is 1.94. The highest BCUT2D eigenvalue weighted by atomic mass is 28.4. The number of carboxylic acid groups (broad SMARTS) is 1. The lowest BCUT2D eigenvalue weighted by Gasteiger charge is -2.42. The van der Waals surface area contributed by atoms with Gasteiger partial charge in [0.15, 0.2) is 8.32 Å². The van der Waals surface area contributed by atoms with E-state index in [9.17, 15) is 9.90 Å². The molecule has 19 heavy (non-hydrogen) atoms. The maximum absolute atomic E-state index is 10.6. The van der Waals surface area contributed by atoms with Gasteiger partial charge in [-0.2, -0.15) is 0 Å². The van der Waals surface area contributed by atoms with Gasteiger partial charge in [-0.1, -0.05) is 41.5 Å². The Kier molecular flexibility index (Phi) is 6.76. The van der Waals surface area contributed by atoms with Crippen LogP contribution in [-0.4, -0.2) is 20.4 Å². The van der Waals surface area contributed by atoms with E-state index in [1.165, 1.54) is 0 Å². The Morgan fingerprint density at radius 2 is 1.68 bits per heavy atom. The molecule has 2 unspecified atom stereocenters. The van der Waals surface area contributed by atoms with Gasteiger partial charge in [0, 0.05) is 12.1 Å². The van der Waals surface area contributed by atoms with Gasteiger partial charge in [0.05, 0.1) is 0 Å². The summed E-state index contributed by atoms with van der Waals surface area (Å²) >= 11 is 0. The Labute approximate surface area is 119 Å². The summed E-state index contributed by atoms with van der Waals surface area (Å²) in [6, 6.07) is 0. The lowest BCUT2D eigenvalue weighted by atomic mass is 9.91. The molecular weight excluding hydrogens is 256 g/mol. The molecule has 0 N–H and O–H groups in total. The smallest absolute Gasteiger partial charge is 0.192 e. The predicted molar refractivity (Wildman–Crippen MR) is 80.3 cm³/mol. The Hall–Kier alpha value is -0.353. The average molecular weight is 287 g/mol. The molecule has 0 aromatic heterocycles. The van der Waals surface area contributed by atoms with Gasteiger partial charge >= 0.3 is 0 Å². The van der Waals surface area contributed by atoms with E-state index >= 15 is 0 Å². The first kappa shape index (κ1) is 18.6. The van der Waals surface area contributed by atoms with Gasteiger partial charge < -0.3 is 14.3 Å². The summed E-state index contributed by atoms with van der Waals surface area (Å²) in [6.45, 7) is 17.5. The highest BCUT2D eigenvalue weighted by Gasteiger charge is 2.40. The molecule has 0 aromatic carbocycles. The summed E-state index contributed by atoms with van der Waals surface area (Å²) in [5.41, 5.74) is 0. The van der Waals surface area contributed by atoms with Crippen molar-refractivity contribution in [3.63, 3.8) is 0 Å². The molecule has 0 spiro atoms. The van der Waals surface area contributed by atoms with Crippen LogP contribution in [0.4, 0.5) is 0 Å². The zero-order chi connectivity index (χ0) is 15.4. The van der Waals surface area contributed by atoms with Gasteiger partial charge in [-0.15, -0.1) is 0 Å². The van der Waals surface area contributed by atoms with Crippen molar-refractivity contribution in [2.24, 2.45) is 11.8 Å². The van der Waals surface area contributed by atoms with Gasteiger partial charge in [-0.25, -0.2) is 0 Å². The van der Waals surface area contributed by atoms with Gasteiger partial charge in [-0.05, 0) is 42.8 Å². The van der Waals surface area contributed by atoms with Crippen molar-refractivity contribution >= 4 is 14.3 Å². The standard InChI is InChI=1S/C15H32O3Si/c1-11(2)14(12(3)9-10-13(16)17)18-19(7,8)15(4,5)6/h11-12,14H,9-10H2,1-8H3,(H,16,17)/p-1. The van der Waals surface area contributed by atoms with Crippen LogP contribution in [0.15, 0.2) is 0 Å². The van der Waals surface area contributed by atoms with Crippen LogP contribution < -0.4 is 5.11 Å². The first-order valence-electron chi connectivity index (χ1n) is 7.26. The number of carbonyl (C=O) groups is 1. The Morgan fingerprint density at radius 1 is 1.21 bits per heavy atom. The van der Waals surface area contributed by atoms with Crippen LogP contribution in [-0.2, 0) is 9.22 Å². The molecule has 0 amide bonds. The van der Waals surface area contributed by atoms with Gasteiger partial charge in [0.2, 0.25) is 0 Å². The minimum Gasteiger partial charge on any atom is -0.550 e. The molecule has 0 radical (unpaired) electrons. The van der Waals surface area contributed by atoms with Crippen molar-refractivity contribution in [1.29, 1.82) is 0 Å². The van der Waals surface area contributed by atoms with Gasteiger partial charge in [-0.3, -0.25) is 0 Å². The molecular formula is C15H31O3Si-. The largest absolute Gasteiger partial charge is 0.550 e. The molecule has 2 atom stereocenters. The normalized spacial score (nSPS) is 16.5. The third-order valence-corrected chi connectivity index (χ3v) is 8.73. The first-order valence-corrected chi connectivity index (χ1v) is 10.2. The number of hydrogen-bond donors (Lipinski definition) is 0. The van der Waals surface area contributed by atoms with E-state index in [-0.39, 0.29) is 23.5 Å². The molecule has 0 aliphatic carbocycles. The Bertz CT molecular complexity index is 292. The van der Waals surface area contributed by atoms with E-state index in [1.54, 1.807) is 0 Å². The van der Waals surface area contributed by atoms with E-state index in [4.69, 9.17) is 4.43 Å². The average Bonchev–Trinajstić information content (AvgIpc) is 2.20. The second-order valence-electron chi connectivity index (χ2n) is 7.47. The van der Waals surface area contributed by atoms with Crippen LogP contribution in [0, 0.1) is 11.8 Å². The number of carboxylic acids is 1. The molecule has 0 fully saturated rings. The topological polar surface area (TPSA) is 49.4 Å². The maximum Gasteiger partial charge on any atom is 0.192 e. The minimum absolute atomic E-state index is 0.116. The number of rotatable bonds is 7. The third-order valence-electron chi connectivity index (χ3n) is 4.26. The van der Waals surface area contributed by atoms with Crippen LogP contribution >= 0.6 is 0 Å². The fourth-order valence-corrected chi connectivity index (χ4v) is 3.47. The van der Waals surface area contributed by atoms with Crippen LogP contribution in [0.2, 0.25) is 18.1 Å². The number of aliphatic carboxylic acids is 1. The maximum atomic E-state index is 10.6. The molecule has 0 aliphatic heterocycles. The SMILES string of the molecule is CC(C)C(O[Si](C)(C)C(C)(C)C)C(C)CCC(=O)[O-]. The molecule has 114 valence electrons. The van der Waals surface area contributed by atoms with Crippen LogP contribution in [0.25, 0.3) is 0 Å². The summed E-state index contributed by atoms with van der Waals surface area (Å²) in [6.07, 6.45) is 0.866. The second kappa shape index (κ2) is 6.89. The van der Waals surface area contributed by atoms with Crippen molar-refractivity contribution in [3.8, 4) is 0 Å². The molecule has 0 heterocycles. The predicted octanol–water partition coefficient (Wildman–Crippen LogP) is 3.20. The summed E-state index contributed by atoms with van der Waals surface area (Å²) in [7, 11) is -1.81. The summed E-state index contributed by atoms with van der Waals surface area (Å²) < 4.78 is 6.48. The Morgan fingerprint density at radius 3 is 2.00 bits per heavy atom. The quantitative estimate of drug-likeness (QED) is 0.676. The van der Waals surface area contributed by atoms with Crippen molar-refractivity contribution in [2.75, 3.05) is 0 Å². The zero-order valence-corrected chi connectivity index (χ0v) is 14.9. The molecule has 0 aliphatic rings. The molecule has 3 nitrogen and oxygen atoms in total. The Balaban J connectivity index is 4.79.